The van der Waals surface area contributed by atoms with Crippen molar-refractivity contribution < 1.29 is 18.8 Å². The first-order valence-corrected chi connectivity index (χ1v) is 7.89. The Morgan fingerprint density at radius 2 is 1.96 bits per heavy atom. The molecule has 0 fully saturated rings. The number of nitro benzene ring substituents is 1. The molecule has 0 unspecified atom stereocenters. The summed E-state index contributed by atoms with van der Waals surface area (Å²) in [4.78, 5) is 22.0. The average Bonchev–Trinajstić information content (AvgIpc) is 2.60. The summed E-state index contributed by atoms with van der Waals surface area (Å²) < 4.78 is 19.4. The molecule has 1 amide bonds. The first-order valence-electron chi connectivity index (χ1n) is 7.89. The summed E-state index contributed by atoms with van der Waals surface area (Å²) in [6, 6.07) is 10.4. The molecule has 0 aliphatic carbocycles. The van der Waals surface area contributed by atoms with Gasteiger partial charge in [0.1, 0.15) is 5.82 Å². The zero-order valence-electron chi connectivity index (χ0n) is 13.8. The van der Waals surface area contributed by atoms with Gasteiger partial charge < -0.3 is 10.1 Å². The van der Waals surface area contributed by atoms with Crippen LogP contribution >= 0.6 is 0 Å². The Morgan fingerprint density at radius 3 is 2.60 bits per heavy atom. The predicted molar refractivity (Wildman–Crippen MR) is 90.6 cm³/mol. The zero-order chi connectivity index (χ0) is 18.2. The van der Waals surface area contributed by atoms with Crippen molar-refractivity contribution in [3.8, 4) is 0 Å². The van der Waals surface area contributed by atoms with Crippen molar-refractivity contribution in [2.24, 2.45) is 0 Å². The lowest BCUT2D eigenvalue weighted by atomic mass is 10.1. The Kier molecular flexibility index (Phi) is 6.59. The van der Waals surface area contributed by atoms with Crippen LogP contribution < -0.4 is 5.32 Å². The number of amides is 1. The second-order valence-corrected chi connectivity index (χ2v) is 5.43. The van der Waals surface area contributed by atoms with Gasteiger partial charge in [0, 0.05) is 19.2 Å². The third-order valence-corrected chi connectivity index (χ3v) is 3.57. The van der Waals surface area contributed by atoms with Gasteiger partial charge in [-0.1, -0.05) is 31.2 Å². The van der Waals surface area contributed by atoms with Gasteiger partial charge in [-0.2, -0.15) is 0 Å². The number of carbonyl (C=O) groups is 1. The lowest BCUT2D eigenvalue weighted by molar-refractivity contribution is -0.385. The van der Waals surface area contributed by atoms with E-state index in [9.17, 15) is 19.3 Å². The van der Waals surface area contributed by atoms with Crippen LogP contribution in [0.4, 0.5) is 10.1 Å². The van der Waals surface area contributed by atoms with E-state index in [1.165, 1.54) is 0 Å². The summed E-state index contributed by atoms with van der Waals surface area (Å²) in [6.07, 6.45) is 0.915. The number of nitrogens with one attached hydrogen (secondary N) is 1. The quantitative estimate of drug-likeness (QED) is 0.450. The fraction of sp³-hybridized carbons (Fsp3) is 0.278. The molecule has 6 nitrogen and oxygen atoms in total. The van der Waals surface area contributed by atoms with Crippen molar-refractivity contribution >= 4 is 11.6 Å². The van der Waals surface area contributed by atoms with Crippen molar-refractivity contribution in [1.82, 2.24) is 5.32 Å². The maximum absolute atomic E-state index is 13.9. The molecule has 7 heteroatoms. The summed E-state index contributed by atoms with van der Waals surface area (Å²) >= 11 is 0. The van der Waals surface area contributed by atoms with E-state index in [0.29, 0.717) is 13.2 Å². The van der Waals surface area contributed by atoms with Crippen LogP contribution in [-0.2, 0) is 17.9 Å². The first kappa shape index (κ1) is 18.5. The highest BCUT2D eigenvalue weighted by Crippen LogP contribution is 2.17. The minimum Gasteiger partial charge on any atom is -0.377 e. The summed E-state index contributed by atoms with van der Waals surface area (Å²) in [6.45, 7) is 3.31. The van der Waals surface area contributed by atoms with Gasteiger partial charge in [0.2, 0.25) is 0 Å². The van der Waals surface area contributed by atoms with Crippen LogP contribution in [0.15, 0.2) is 42.5 Å². The molecule has 25 heavy (non-hydrogen) atoms. The van der Waals surface area contributed by atoms with Crippen molar-refractivity contribution in [1.29, 1.82) is 0 Å². The smallest absolute Gasteiger partial charge is 0.272 e. The second-order valence-electron chi connectivity index (χ2n) is 5.43. The molecule has 0 spiro atoms. The van der Waals surface area contributed by atoms with E-state index in [1.807, 2.05) is 31.2 Å². The molecule has 2 rings (SSSR count). The molecule has 0 heterocycles. The fourth-order valence-corrected chi connectivity index (χ4v) is 2.27. The van der Waals surface area contributed by atoms with Gasteiger partial charge in [-0.3, -0.25) is 14.9 Å². The van der Waals surface area contributed by atoms with Crippen LogP contribution in [0, 0.1) is 15.9 Å². The lowest BCUT2D eigenvalue weighted by Crippen LogP contribution is -2.24. The van der Waals surface area contributed by atoms with Gasteiger partial charge in [0.15, 0.2) is 0 Å². The number of nitro groups is 1. The molecule has 0 atom stereocenters. The highest BCUT2D eigenvalue weighted by atomic mass is 19.1. The molecule has 0 aromatic heterocycles. The highest BCUT2D eigenvalue weighted by Gasteiger charge is 2.16. The summed E-state index contributed by atoms with van der Waals surface area (Å²) in [7, 11) is 0. The molecule has 0 bridgehead atoms. The van der Waals surface area contributed by atoms with Crippen molar-refractivity contribution in [2.45, 2.75) is 26.5 Å². The number of benzene rings is 2. The Morgan fingerprint density at radius 1 is 1.24 bits per heavy atom. The number of halogens is 1. The predicted octanol–water partition coefficient (Wildman–Crippen LogP) is 3.59. The monoisotopic (exact) mass is 346 g/mol. The van der Waals surface area contributed by atoms with Crippen LogP contribution in [0.25, 0.3) is 0 Å². The molecule has 0 aliphatic heterocycles. The number of hydrogen-bond donors (Lipinski definition) is 1. The molecule has 0 aliphatic rings. The van der Waals surface area contributed by atoms with Crippen LogP contribution in [-0.4, -0.2) is 17.4 Å². The van der Waals surface area contributed by atoms with E-state index >= 15 is 0 Å². The summed E-state index contributed by atoms with van der Waals surface area (Å²) in [5.41, 5.74) is 1.19. The van der Waals surface area contributed by atoms with Gasteiger partial charge in [-0.15, -0.1) is 0 Å². The molecule has 2 aromatic rings. The summed E-state index contributed by atoms with van der Waals surface area (Å²) in [5.74, 6) is -1.55. The van der Waals surface area contributed by atoms with Crippen molar-refractivity contribution in [3.63, 3.8) is 0 Å². The maximum atomic E-state index is 13.9. The van der Waals surface area contributed by atoms with Gasteiger partial charge in [0.25, 0.3) is 11.6 Å². The summed E-state index contributed by atoms with van der Waals surface area (Å²) in [5, 5.41) is 13.2. The van der Waals surface area contributed by atoms with Crippen molar-refractivity contribution in [2.75, 3.05) is 6.61 Å². The molecule has 1 N–H and O–H groups in total. The van der Waals surface area contributed by atoms with E-state index in [1.54, 1.807) is 0 Å². The minimum atomic E-state index is -0.925. The number of ether oxygens (including phenoxy) is 1. The van der Waals surface area contributed by atoms with Crippen LogP contribution in [0.2, 0.25) is 0 Å². The first-order chi connectivity index (χ1) is 12.0. The van der Waals surface area contributed by atoms with Gasteiger partial charge >= 0.3 is 0 Å². The number of non-ortho nitro benzene ring substituents is 1. The highest BCUT2D eigenvalue weighted by molar-refractivity contribution is 5.94. The van der Waals surface area contributed by atoms with E-state index < -0.39 is 22.3 Å². The molecular weight excluding hydrogens is 327 g/mol. The largest absolute Gasteiger partial charge is 0.377 e. The topological polar surface area (TPSA) is 81.5 Å². The normalized spacial score (nSPS) is 10.5. The van der Waals surface area contributed by atoms with Gasteiger partial charge in [0.05, 0.1) is 23.2 Å². The third-order valence-electron chi connectivity index (χ3n) is 3.57. The second kappa shape index (κ2) is 8.89. The average molecular weight is 346 g/mol. The van der Waals surface area contributed by atoms with E-state index in [-0.39, 0.29) is 12.1 Å². The van der Waals surface area contributed by atoms with Crippen LogP contribution in [0.5, 0.6) is 0 Å². The number of carbonyl (C=O) groups excluding carboxylic acids is 1. The Hall–Kier alpha value is -2.80. The molecular formula is C18H19FN2O4. The molecule has 0 saturated carbocycles. The third kappa shape index (κ3) is 5.09. The maximum Gasteiger partial charge on any atom is 0.272 e. The minimum absolute atomic E-state index is 0.209. The molecule has 0 radical (unpaired) electrons. The van der Waals surface area contributed by atoms with Gasteiger partial charge in [-0.25, -0.2) is 4.39 Å². The number of hydrogen-bond acceptors (Lipinski definition) is 4. The van der Waals surface area contributed by atoms with Crippen LogP contribution in [0.1, 0.15) is 34.8 Å². The Labute approximate surface area is 144 Å². The fourth-order valence-electron chi connectivity index (χ4n) is 2.27. The number of nitrogens with zero attached hydrogens (tertiary/aromatic N) is 1. The lowest BCUT2D eigenvalue weighted by Gasteiger charge is -2.11. The van der Waals surface area contributed by atoms with Gasteiger partial charge in [-0.05, 0) is 23.6 Å². The van der Waals surface area contributed by atoms with E-state index in [0.717, 1.165) is 35.7 Å². The standard InChI is InChI=1S/C18H19FN2O4/c1-2-9-25-12-14-6-4-3-5-13(14)11-20-18(22)16-8-7-15(21(23)24)10-17(16)19/h3-8,10H,2,9,11-12H2,1H3,(H,20,22). The Balaban J connectivity index is 2.04. The number of rotatable bonds is 8. The molecule has 0 saturated heterocycles. The SMILES string of the molecule is CCCOCc1ccccc1CNC(=O)c1ccc([N+](=O)[O-])cc1F. The van der Waals surface area contributed by atoms with E-state index in [4.69, 9.17) is 4.74 Å². The molecule has 2 aromatic carbocycles. The molecule has 132 valence electrons. The Bertz CT molecular complexity index is 764. The zero-order valence-corrected chi connectivity index (χ0v) is 13.8. The van der Waals surface area contributed by atoms with E-state index in [2.05, 4.69) is 5.32 Å². The van der Waals surface area contributed by atoms with Crippen LogP contribution in [0.3, 0.4) is 0 Å². The van der Waals surface area contributed by atoms with Crippen molar-refractivity contribution in [3.05, 3.63) is 75.1 Å².